The summed E-state index contributed by atoms with van der Waals surface area (Å²) in [5.41, 5.74) is 2.20. The minimum atomic E-state index is 0.767. The first-order valence-corrected chi connectivity index (χ1v) is 10.9. The molecule has 0 aliphatic rings. The molecule has 0 spiro atoms. The molecule has 4 aromatic heterocycles. The van der Waals surface area contributed by atoms with E-state index >= 15 is 0 Å². The van der Waals surface area contributed by atoms with E-state index in [4.69, 9.17) is 0 Å². The molecule has 4 rings (SSSR count). The number of hydrogen-bond donors (Lipinski definition) is 0. The van der Waals surface area contributed by atoms with Crippen molar-refractivity contribution in [3.05, 3.63) is 54.9 Å². The van der Waals surface area contributed by atoms with Gasteiger partial charge in [-0.3, -0.25) is 0 Å². The predicted molar refractivity (Wildman–Crippen MR) is 104 cm³/mol. The van der Waals surface area contributed by atoms with Gasteiger partial charge in [-0.25, -0.2) is 9.97 Å². The highest BCUT2D eigenvalue weighted by Gasteiger charge is 2.07. The van der Waals surface area contributed by atoms with Crippen molar-refractivity contribution in [3.8, 4) is 0 Å². The van der Waals surface area contributed by atoms with Gasteiger partial charge < -0.3 is 9.13 Å². The second-order valence-corrected chi connectivity index (χ2v) is 8.62. The van der Waals surface area contributed by atoms with Crippen molar-refractivity contribution >= 4 is 55.6 Å². The lowest BCUT2D eigenvalue weighted by Crippen LogP contribution is -2.13. The van der Waals surface area contributed by atoms with Crippen LogP contribution in [0.3, 0.4) is 0 Å². The van der Waals surface area contributed by atoms with Gasteiger partial charge in [-0.15, -0.1) is 45.3 Å². The minimum Gasteiger partial charge on any atom is -0.327 e. The molecule has 0 unspecified atom stereocenters. The maximum absolute atomic E-state index is 4.64. The molecule has 0 saturated heterocycles. The van der Waals surface area contributed by atoms with Gasteiger partial charge in [-0.05, 0) is 0 Å². The van der Waals surface area contributed by atoms with Crippen LogP contribution < -0.4 is 9.60 Å². The molecule has 4 heterocycles. The van der Waals surface area contributed by atoms with Crippen molar-refractivity contribution in [1.82, 2.24) is 19.1 Å². The fourth-order valence-corrected chi connectivity index (χ4v) is 5.08. The first kappa shape index (κ1) is 16.6. The summed E-state index contributed by atoms with van der Waals surface area (Å²) < 4.78 is 4.10. The molecule has 10 heteroatoms. The Morgan fingerprint density at radius 1 is 0.960 bits per heavy atom. The van der Waals surface area contributed by atoms with Crippen LogP contribution in [0.1, 0.15) is 11.4 Å². The third-order valence-corrected chi connectivity index (χ3v) is 6.74. The molecule has 0 radical (unpaired) electrons. The van der Waals surface area contributed by atoms with Gasteiger partial charge in [-0.2, -0.15) is 9.98 Å². The van der Waals surface area contributed by atoms with Crippen LogP contribution >= 0.6 is 45.3 Å². The van der Waals surface area contributed by atoms with Crippen LogP contribution in [0.2, 0.25) is 0 Å². The van der Waals surface area contributed by atoms with E-state index in [-0.39, 0.29) is 0 Å². The largest absolute Gasteiger partial charge is 0.327 e. The van der Waals surface area contributed by atoms with Crippen LogP contribution in [0.25, 0.3) is 0 Å². The number of aryl methyl sites for hydroxylation is 1. The Morgan fingerprint density at radius 2 is 1.84 bits per heavy atom. The standard InChI is InChI=1S/C15H14N6S4/c1-20-4-6-23-14(20)19-13-17-10(8-24-13)7-11-9-25-15(21(11)2)18-12-16-3-5-22-12/h3-6,8-9H,7H2,1-2H3/b18-15+,19-14+. The third kappa shape index (κ3) is 3.71. The molecule has 0 fully saturated rings. The van der Waals surface area contributed by atoms with E-state index in [9.17, 15) is 0 Å². The number of hydrogen-bond acceptors (Lipinski definition) is 8. The van der Waals surface area contributed by atoms with Gasteiger partial charge in [0.2, 0.25) is 10.3 Å². The Kier molecular flexibility index (Phi) is 4.75. The Hall–Kier alpha value is -1.88. The maximum Gasteiger partial charge on any atom is 0.212 e. The van der Waals surface area contributed by atoms with E-state index in [1.807, 2.05) is 35.6 Å². The van der Waals surface area contributed by atoms with E-state index < -0.39 is 0 Å². The van der Waals surface area contributed by atoms with Crippen molar-refractivity contribution in [3.63, 3.8) is 0 Å². The van der Waals surface area contributed by atoms with Crippen molar-refractivity contribution in [1.29, 1.82) is 0 Å². The Morgan fingerprint density at radius 3 is 2.60 bits per heavy atom. The van der Waals surface area contributed by atoms with Crippen LogP contribution in [0.5, 0.6) is 0 Å². The van der Waals surface area contributed by atoms with Gasteiger partial charge in [0.1, 0.15) is 0 Å². The smallest absolute Gasteiger partial charge is 0.212 e. The molecule has 0 atom stereocenters. The van der Waals surface area contributed by atoms with Gasteiger partial charge in [0.25, 0.3) is 0 Å². The summed E-state index contributed by atoms with van der Waals surface area (Å²) in [5, 5.41) is 9.72. The first-order chi connectivity index (χ1) is 12.2. The molecule has 0 aromatic carbocycles. The Bertz CT molecular complexity index is 1110. The first-order valence-electron chi connectivity index (χ1n) is 7.36. The normalized spacial score (nSPS) is 13.0. The van der Waals surface area contributed by atoms with Gasteiger partial charge in [0.05, 0.1) is 5.69 Å². The summed E-state index contributed by atoms with van der Waals surface area (Å²) in [5.74, 6) is 0. The molecule has 0 aliphatic carbocycles. The lowest BCUT2D eigenvalue weighted by molar-refractivity contribution is 0.803. The maximum atomic E-state index is 4.64. The van der Waals surface area contributed by atoms with Crippen molar-refractivity contribution < 1.29 is 0 Å². The molecule has 0 aliphatic heterocycles. The van der Waals surface area contributed by atoms with Gasteiger partial charge in [-0.1, -0.05) is 0 Å². The highest BCUT2D eigenvalue weighted by atomic mass is 32.1. The quantitative estimate of drug-likeness (QED) is 0.521. The fourth-order valence-electron chi connectivity index (χ4n) is 2.15. The summed E-state index contributed by atoms with van der Waals surface area (Å²) in [7, 11) is 4.02. The second kappa shape index (κ2) is 7.16. The summed E-state index contributed by atoms with van der Waals surface area (Å²) in [6.07, 6.45) is 4.53. The molecule has 25 heavy (non-hydrogen) atoms. The van der Waals surface area contributed by atoms with Crippen molar-refractivity contribution in [2.75, 3.05) is 0 Å². The summed E-state index contributed by atoms with van der Waals surface area (Å²) in [4.78, 5) is 19.9. The highest BCUT2D eigenvalue weighted by molar-refractivity contribution is 7.13. The average Bonchev–Trinajstić information content (AvgIpc) is 3.37. The van der Waals surface area contributed by atoms with E-state index in [0.29, 0.717) is 0 Å². The van der Waals surface area contributed by atoms with E-state index in [0.717, 1.165) is 32.0 Å². The zero-order chi connectivity index (χ0) is 17.2. The topological polar surface area (TPSA) is 60.4 Å². The van der Waals surface area contributed by atoms with E-state index in [1.165, 1.54) is 17.0 Å². The molecular weight excluding hydrogens is 392 g/mol. The second-order valence-electron chi connectivity index (χ2n) is 5.20. The lowest BCUT2D eigenvalue weighted by atomic mass is 10.3. The predicted octanol–water partition coefficient (Wildman–Crippen LogP) is 3.46. The SMILES string of the molecule is Cn1ccs/c1=N/c1nc(Cc2cs/c(=N/c3nccs3)n2C)cs1. The van der Waals surface area contributed by atoms with E-state index in [2.05, 4.69) is 35.3 Å². The van der Waals surface area contributed by atoms with Crippen LogP contribution in [-0.2, 0) is 20.5 Å². The van der Waals surface area contributed by atoms with Crippen LogP contribution in [0, 0.1) is 0 Å². The average molecular weight is 407 g/mol. The molecule has 128 valence electrons. The molecule has 6 nitrogen and oxygen atoms in total. The zero-order valence-electron chi connectivity index (χ0n) is 13.5. The van der Waals surface area contributed by atoms with Crippen molar-refractivity contribution in [2.45, 2.75) is 6.42 Å². The van der Waals surface area contributed by atoms with Crippen LogP contribution in [0.15, 0.2) is 43.9 Å². The summed E-state index contributed by atoms with van der Waals surface area (Å²) in [6, 6.07) is 0. The molecule has 0 amide bonds. The summed E-state index contributed by atoms with van der Waals surface area (Å²) in [6.45, 7) is 0. The van der Waals surface area contributed by atoms with Crippen molar-refractivity contribution in [2.24, 2.45) is 24.1 Å². The number of thiazole rings is 4. The zero-order valence-corrected chi connectivity index (χ0v) is 16.8. The van der Waals surface area contributed by atoms with Gasteiger partial charge in [0.15, 0.2) is 9.60 Å². The molecule has 0 N–H and O–H groups in total. The Balaban J connectivity index is 1.58. The third-order valence-electron chi connectivity index (χ3n) is 3.48. The molecular formula is C15H14N6S4. The highest BCUT2D eigenvalue weighted by Crippen LogP contribution is 2.21. The van der Waals surface area contributed by atoms with Gasteiger partial charge in [0, 0.05) is 60.1 Å². The lowest BCUT2D eigenvalue weighted by Gasteiger charge is -1.99. The van der Waals surface area contributed by atoms with Gasteiger partial charge >= 0.3 is 0 Å². The summed E-state index contributed by atoms with van der Waals surface area (Å²) >= 11 is 6.34. The molecule has 4 aromatic rings. The molecule has 0 saturated carbocycles. The minimum absolute atomic E-state index is 0.767. The fraction of sp³-hybridized carbons (Fsp3) is 0.200. The van der Waals surface area contributed by atoms with Crippen LogP contribution in [0.4, 0.5) is 10.3 Å². The van der Waals surface area contributed by atoms with E-state index in [1.54, 1.807) is 40.2 Å². The number of aromatic nitrogens is 4. The van der Waals surface area contributed by atoms with Crippen LogP contribution in [-0.4, -0.2) is 19.1 Å². The molecule has 0 bridgehead atoms. The Labute approximate surface area is 159 Å². The number of nitrogens with zero attached hydrogens (tertiary/aromatic N) is 6. The number of rotatable bonds is 4. The monoisotopic (exact) mass is 406 g/mol.